The van der Waals surface area contributed by atoms with Gasteiger partial charge in [0, 0.05) is 6.04 Å². The van der Waals surface area contributed by atoms with Crippen LogP contribution in [0.4, 0.5) is 0 Å². The first-order valence-corrected chi connectivity index (χ1v) is 3.10. The molecule has 1 heterocycles. The first-order valence-electron chi connectivity index (χ1n) is 2.46. The standard InChI is InChI=1S/C4HCl3N2/c5-2-1-3(6)9-4(7)8-2/h1H/i1D. The molecule has 1 aromatic rings. The molecule has 1 rings (SSSR count). The van der Waals surface area contributed by atoms with Gasteiger partial charge in [0.25, 0.3) is 0 Å². The molecule has 0 bridgehead atoms. The summed E-state index contributed by atoms with van der Waals surface area (Å²) in [5.41, 5.74) is 0. The van der Waals surface area contributed by atoms with E-state index in [2.05, 4.69) is 9.97 Å². The van der Waals surface area contributed by atoms with Gasteiger partial charge in [-0.1, -0.05) is 23.2 Å². The van der Waals surface area contributed by atoms with Crippen molar-refractivity contribution in [3.63, 3.8) is 0 Å². The molecule has 0 unspecified atom stereocenters. The largest absolute Gasteiger partial charge is 0.225 e. The van der Waals surface area contributed by atoms with Crippen LogP contribution in [-0.4, -0.2) is 9.97 Å². The third-order valence-electron chi connectivity index (χ3n) is 0.587. The minimum atomic E-state index is -0.104. The van der Waals surface area contributed by atoms with Gasteiger partial charge in [-0.25, -0.2) is 9.97 Å². The number of halogens is 3. The van der Waals surface area contributed by atoms with Crippen LogP contribution >= 0.6 is 34.8 Å². The Morgan fingerprint density at radius 2 is 1.67 bits per heavy atom. The molecule has 0 aliphatic heterocycles. The van der Waals surface area contributed by atoms with Crippen LogP contribution in [0.15, 0.2) is 6.04 Å². The van der Waals surface area contributed by atoms with Crippen LogP contribution in [0.3, 0.4) is 0 Å². The maximum absolute atomic E-state index is 7.09. The molecule has 48 valence electrons. The minimum Gasteiger partial charge on any atom is -0.206 e. The summed E-state index contributed by atoms with van der Waals surface area (Å²) in [5, 5.41) is -0.124. The van der Waals surface area contributed by atoms with Crippen molar-refractivity contribution in [1.29, 1.82) is 0 Å². The molecule has 9 heavy (non-hydrogen) atoms. The van der Waals surface area contributed by atoms with E-state index in [4.69, 9.17) is 36.2 Å². The van der Waals surface area contributed by atoms with Crippen LogP contribution in [0.2, 0.25) is 15.6 Å². The lowest BCUT2D eigenvalue weighted by atomic mass is 10.7. The van der Waals surface area contributed by atoms with Crippen LogP contribution in [0.5, 0.6) is 0 Å². The average molecular weight is 184 g/mol. The number of nitrogens with zero attached hydrogens (tertiary/aromatic N) is 2. The number of hydrogen-bond acceptors (Lipinski definition) is 2. The van der Waals surface area contributed by atoms with Crippen molar-refractivity contribution >= 4 is 34.8 Å². The smallest absolute Gasteiger partial charge is 0.206 e. The molecule has 0 amide bonds. The minimum absolute atomic E-state index is 0.0370. The predicted molar refractivity (Wildman–Crippen MR) is 37.1 cm³/mol. The van der Waals surface area contributed by atoms with Crippen LogP contribution in [0.25, 0.3) is 0 Å². The van der Waals surface area contributed by atoms with Crippen molar-refractivity contribution in [3.8, 4) is 0 Å². The SMILES string of the molecule is [2H]c1c(Cl)nc(Cl)nc1Cl. The molecular formula is C4HCl3N2. The van der Waals surface area contributed by atoms with E-state index in [1.807, 2.05) is 0 Å². The zero-order valence-electron chi connectivity index (χ0n) is 5.03. The van der Waals surface area contributed by atoms with Gasteiger partial charge in [-0.05, 0) is 11.6 Å². The fourth-order valence-corrected chi connectivity index (χ4v) is 0.971. The molecular weight excluding hydrogens is 182 g/mol. The molecule has 0 saturated heterocycles. The lowest BCUT2D eigenvalue weighted by molar-refractivity contribution is 1.17. The average Bonchev–Trinajstić information content (AvgIpc) is 1.82. The van der Waals surface area contributed by atoms with Gasteiger partial charge in [0.05, 0.1) is 1.37 Å². The molecule has 0 fully saturated rings. The maximum atomic E-state index is 7.09. The third-order valence-corrected chi connectivity index (χ3v) is 1.11. The summed E-state index contributed by atoms with van der Waals surface area (Å²) in [6.07, 6.45) is 0. The molecule has 0 aliphatic carbocycles. The van der Waals surface area contributed by atoms with Gasteiger partial charge >= 0.3 is 0 Å². The van der Waals surface area contributed by atoms with Gasteiger partial charge in [-0.2, -0.15) is 0 Å². The highest BCUT2D eigenvalue weighted by Gasteiger charge is 1.95. The Balaban J connectivity index is 3.31. The van der Waals surface area contributed by atoms with Crippen molar-refractivity contribution in [2.24, 2.45) is 0 Å². The highest BCUT2D eigenvalue weighted by Crippen LogP contribution is 2.13. The van der Waals surface area contributed by atoms with Crippen molar-refractivity contribution in [2.75, 3.05) is 0 Å². The zero-order chi connectivity index (χ0) is 7.72. The first-order chi connectivity index (χ1) is 4.61. The Kier molecular flexibility index (Phi) is 1.71. The molecule has 0 aliphatic rings. The lowest BCUT2D eigenvalue weighted by Gasteiger charge is -1.89. The fourth-order valence-electron chi connectivity index (χ4n) is 0.328. The predicted octanol–water partition coefficient (Wildman–Crippen LogP) is 2.44. The summed E-state index contributed by atoms with van der Waals surface area (Å²) < 4.78 is 7.09. The van der Waals surface area contributed by atoms with Gasteiger partial charge in [-0.3, -0.25) is 0 Å². The summed E-state index contributed by atoms with van der Waals surface area (Å²) in [6, 6.07) is -0.104. The molecule has 1 aromatic heterocycles. The fraction of sp³-hybridized carbons (Fsp3) is 0. The molecule has 2 nitrogen and oxygen atoms in total. The van der Waals surface area contributed by atoms with Crippen LogP contribution in [0.1, 0.15) is 1.37 Å². The normalized spacial score (nSPS) is 11.2. The Hall–Kier alpha value is -0.0500. The molecule has 5 heteroatoms. The van der Waals surface area contributed by atoms with Crippen molar-refractivity contribution in [1.82, 2.24) is 9.97 Å². The van der Waals surface area contributed by atoms with Crippen LogP contribution in [0, 0.1) is 0 Å². The summed E-state index contributed by atoms with van der Waals surface area (Å²) in [4.78, 5) is 6.96. The second kappa shape index (κ2) is 2.69. The van der Waals surface area contributed by atoms with Gasteiger partial charge in [0.1, 0.15) is 10.3 Å². The van der Waals surface area contributed by atoms with Gasteiger partial charge in [0.2, 0.25) is 5.28 Å². The maximum Gasteiger partial charge on any atom is 0.225 e. The first kappa shape index (κ1) is 5.71. The monoisotopic (exact) mass is 183 g/mol. The van der Waals surface area contributed by atoms with Crippen molar-refractivity contribution in [3.05, 3.63) is 21.6 Å². The third kappa shape index (κ3) is 1.97. The van der Waals surface area contributed by atoms with Crippen LogP contribution in [-0.2, 0) is 0 Å². The molecule has 0 aromatic carbocycles. The Bertz CT molecular complexity index is 242. The van der Waals surface area contributed by atoms with E-state index >= 15 is 0 Å². The van der Waals surface area contributed by atoms with E-state index in [1.54, 1.807) is 0 Å². The zero-order valence-corrected chi connectivity index (χ0v) is 6.30. The summed E-state index contributed by atoms with van der Waals surface area (Å²) in [5.74, 6) is 0. The van der Waals surface area contributed by atoms with Crippen LogP contribution < -0.4 is 0 Å². The molecule has 0 radical (unpaired) electrons. The topological polar surface area (TPSA) is 25.8 Å². The number of rotatable bonds is 0. The highest BCUT2D eigenvalue weighted by molar-refractivity contribution is 6.35. The second-order valence-corrected chi connectivity index (χ2v) is 2.25. The lowest BCUT2D eigenvalue weighted by Crippen LogP contribution is -1.81. The highest BCUT2D eigenvalue weighted by atomic mass is 35.5. The van der Waals surface area contributed by atoms with Gasteiger partial charge in [0.15, 0.2) is 0 Å². The van der Waals surface area contributed by atoms with Gasteiger partial charge in [-0.15, -0.1) is 0 Å². The van der Waals surface area contributed by atoms with E-state index < -0.39 is 0 Å². The van der Waals surface area contributed by atoms with Crippen molar-refractivity contribution in [2.45, 2.75) is 0 Å². The summed E-state index contributed by atoms with van der Waals surface area (Å²) >= 11 is 16.2. The quantitative estimate of drug-likeness (QED) is 0.457. The van der Waals surface area contributed by atoms with E-state index in [9.17, 15) is 0 Å². The van der Waals surface area contributed by atoms with E-state index in [1.165, 1.54) is 0 Å². The van der Waals surface area contributed by atoms with Gasteiger partial charge < -0.3 is 0 Å². The Labute approximate surface area is 68.2 Å². The summed E-state index contributed by atoms with van der Waals surface area (Å²) in [6.45, 7) is 0. The Morgan fingerprint density at radius 3 is 2.11 bits per heavy atom. The summed E-state index contributed by atoms with van der Waals surface area (Å²) in [7, 11) is 0. The van der Waals surface area contributed by atoms with E-state index in [0.29, 0.717) is 0 Å². The number of hydrogen-bond donors (Lipinski definition) is 0. The molecule has 0 spiro atoms. The Morgan fingerprint density at radius 1 is 1.22 bits per heavy atom. The molecule has 0 N–H and O–H groups in total. The second-order valence-electron chi connectivity index (χ2n) is 1.20. The van der Waals surface area contributed by atoms with E-state index in [-0.39, 0.29) is 21.6 Å². The molecule has 0 atom stereocenters. The van der Waals surface area contributed by atoms with Crippen molar-refractivity contribution < 1.29 is 1.37 Å². The number of aromatic nitrogens is 2. The van der Waals surface area contributed by atoms with E-state index in [0.717, 1.165) is 0 Å². The molecule has 0 saturated carbocycles.